The molecule has 3 aromatic heterocycles. The van der Waals surface area contributed by atoms with Crippen LogP contribution in [0.1, 0.15) is 25.0 Å². The summed E-state index contributed by atoms with van der Waals surface area (Å²) in [6, 6.07) is 70.5. The lowest BCUT2D eigenvalue weighted by molar-refractivity contribution is 0.662. The van der Waals surface area contributed by atoms with E-state index in [9.17, 15) is 0 Å². The number of para-hydroxylation sites is 4. The summed E-state index contributed by atoms with van der Waals surface area (Å²) < 4.78 is 4.76. The molecule has 0 fully saturated rings. The van der Waals surface area contributed by atoms with E-state index in [1.54, 1.807) is 0 Å². The molecule has 0 amide bonds. The normalized spacial score (nSPS) is 13.2. The first-order valence-corrected chi connectivity index (χ1v) is 21.1. The standard InChI is InChI=1S/C57H38N4/c1-57(2)47-32-37-18-10-9-17-36(37)29-42(47)43-33-46-45-31-39(38-25-27-52-44(30-38)41-21-11-14-24-51(41)60(52)40-19-7-4-8-20-40)26-28-53(45)61(54(46)34-48(43)57)56-55(35-15-5-3-6-16-35)58-49-22-12-13-23-50(49)59-56/h3-34H,1-2H3. The first kappa shape index (κ1) is 34.1. The predicted octanol–water partition coefficient (Wildman–Crippen LogP) is 14.6. The van der Waals surface area contributed by atoms with Gasteiger partial charge in [0.2, 0.25) is 0 Å². The Balaban J connectivity index is 1.10. The third kappa shape index (κ3) is 4.93. The average Bonchev–Trinajstić information content (AvgIpc) is 3.89. The van der Waals surface area contributed by atoms with Crippen molar-refractivity contribution in [1.82, 2.24) is 19.1 Å². The van der Waals surface area contributed by atoms with E-state index in [4.69, 9.17) is 9.97 Å². The molecule has 0 radical (unpaired) electrons. The second-order valence-corrected chi connectivity index (χ2v) is 17.0. The molecule has 4 nitrogen and oxygen atoms in total. The lowest BCUT2D eigenvalue weighted by Gasteiger charge is -2.22. The van der Waals surface area contributed by atoms with Gasteiger partial charge in [0.25, 0.3) is 0 Å². The average molecular weight is 779 g/mol. The fourth-order valence-electron chi connectivity index (χ4n) is 10.3. The molecule has 0 atom stereocenters. The fourth-order valence-corrected chi connectivity index (χ4v) is 10.3. The fraction of sp³-hybridized carbons (Fsp3) is 0.0526. The van der Waals surface area contributed by atoms with Gasteiger partial charge in [0, 0.05) is 38.2 Å². The number of hydrogen-bond acceptors (Lipinski definition) is 2. The van der Waals surface area contributed by atoms with E-state index >= 15 is 0 Å². The summed E-state index contributed by atoms with van der Waals surface area (Å²) >= 11 is 0. The lowest BCUT2D eigenvalue weighted by Crippen LogP contribution is -2.15. The van der Waals surface area contributed by atoms with Crippen LogP contribution in [0, 0.1) is 0 Å². The highest BCUT2D eigenvalue weighted by Crippen LogP contribution is 2.52. The first-order valence-electron chi connectivity index (χ1n) is 21.1. The molecular formula is C57H38N4. The largest absolute Gasteiger partial charge is 0.309 e. The van der Waals surface area contributed by atoms with Gasteiger partial charge >= 0.3 is 0 Å². The van der Waals surface area contributed by atoms with E-state index in [1.807, 2.05) is 12.1 Å². The van der Waals surface area contributed by atoms with Gasteiger partial charge in [0.1, 0.15) is 5.69 Å². The summed E-state index contributed by atoms with van der Waals surface area (Å²) in [6.07, 6.45) is 0. The van der Waals surface area contributed by atoms with Crippen LogP contribution in [-0.4, -0.2) is 19.1 Å². The highest BCUT2D eigenvalue weighted by Gasteiger charge is 2.37. The van der Waals surface area contributed by atoms with Crippen molar-refractivity contribution in [2.45, 2.75) is 19.3 Å². The molecule has 286 valence electrons. The smallest absolute Gasteiger partial charge is 0.165 e. The van der Waals surface area contributed by atoms with E-state index < -0.39 is 0 Å². The predicted molar refractivity (Wildman–Crippen MR) is 254 cm³/mol. The topological polar surface area (TPSA) is 35.6 Å². The van der Waals surface area contributed by atoms with Gasteiger partial charge in [0.05, 0.1) is 33.1 Å². The van der Waals surface area contributed by atoms with Crippen molar-refractivity contribution in [3.05, 3.63) is 205 Å². The molecule has 4 heteroatoms. The summed E-state index contributed by atoms with van der Waals surface area (Å²) in [4.78, 5) is 10.8. The van der Waals surface area contributed by atoms with Crippen molar-refractivity contribution in [3.63, 3.8) is 0 Å². The Morgan fingerprint density at radius 1 is 0.377 bits per heavy atom. The minimum Gasteiger partial charge on any atom is -0.309 e. The van der Waals surface area contributed by atoms with Crippen LogP contribution >= 0.6 is 0 Å². The number of hydrogen-bond donors (Lipinski definition) is 0. The Morgan fingerprint density at radius 2 is 0.918 bits per heavy atom. The molecule has 12 aromatic rings. The summed E-state index contributed by atoms with van der Waals surface area (Å²) in [5.74, 6) is 0.826. The van der Waals surface area contributed by atoms with Gasteiger partial charge in [-0.3, -0.25) is 4.57 Å². The van der Waals surface area contributed by atoms with Gasteiger partial charge in [-0.15, -0.1) is 0 Å². The molecular weight excluding hydrogens is 741 g/mol. The molecule has 0 unspecified atom stereocenters. The maximum absolute atomic E-state index is 5.47. The van der Waals surface area contributed by atoms with Crippen LogP contribution in [-0.2, 0) is 5.41 Å². The third-order valence-electron chi connectivity index (χ3n) is 13.3. The summed E-state index contributed by atoms with van der Waals surface area (Å²) in [6.45, 7) is 4.75. The van der Waals surface area contributed by atoms with Crippen LogP contribution in [0.2, 0.25) is 0 Å². The number of nitrogens with zero attached hydrogens (tertiary/aromatic N) is 4. The van der Waals surface area contributed by atoms with Gasteiger partial charge in [-0.1, -0.05) is 129 Å². The highest BCUT2D eigenvalue weighted by atomic mass is 15.1. The number of rotatable bonds is 4. The Morgan fingerprint density at radius 3 is 1.67 bits per heavy atom. The van der Waals surface area contributed by atoms with Gasteiger partial charge in [-0.2, -0.15) is 0 Å². The van der Waals surface area contributed by atoms with E-state index in [2.05, 4.69) is 205 Å². The quantitative estimate of drug-likeness (QED) is 0.178. The molecule has 1 aliphatic rings. The van der Waals surface area contributed by atoms with Gasteiger partial charge in [-0.05, 0) is 123 Å². The molecule has 0 spiro atoms. The third-order valence-corrected chi connectivity index (χ3v) is 13.3. The van der Waals surface area contributed by atoms with Crippen LogP contribution < -0.4 is 0 Å². The monoisotopic (exact) mass is 778 g/mol. The molecule has 0 bridgehead atoms. The minimum absolute atomic E-state index is 0.207. The molecule has 0 N–H and O–H groups in total. The van der Waals surface area contributed by atoms with E-state index in [0.717, 1.165) is 44.8 Å². The first-order chi connectivity index (χ1) is 30.0. The molecule has 3 heterocycles. The number of aromatic nitrogens is 4. The Hall–Kier alpha value is -7.82. The van der Waals surface area contributed by atoms with Crippen LogP contribution in [0.25, 0.3) is 110 Å². The van der Waals surface area contributed by atoms with Gasteiger partial charge < -0.3 is 4.57 Å². The molecule has 0 saturated carbocycles. The molecule has 13 rings (SSSR count). The van der Waals surface area contributed by atoms with E-state index in [-0.39, 0.29) is 5.41 Å². The zero-order valence-corrected chi connectivity index (χ0v) is 33.8. The second-order valence-electron chi connectivity index (χ2n) is 17.0. The zero-order valence-electron chi connectivity index (χ0n) is 33.8. The van der Waals surface area contributed by atoms with Crippen LogP contribution in [0.4, 0.5) is 0 Å². The summed E-state index contributed by atoms with van der Waals surface area (Å²) in [5.41, 5.74) is 16.9. The SMILES string of the molecule is CC1(C)c2cc3ccccc3cc2-c2cc3c4cc(-c5ccc6c(c5)c5ccccc5n6-c5ccccc5)ccc4n(-c4nc5ccccc5nc4-c4ccccc4)c3cc21. The molecule has 61 heavy (non-hydrogen) atoms. The van der Waals surface area contributed by atoms with Crippen molar-refractivity contribution < 1.29 is 0 Å². The summed E-state index contributed by atoms with van der Waals surface area (Å²) in [7, 11) is 0. The number of fused-ring (bicyclic) bond motifs is 11. The van der Waals surface area contributed by atoms with E-state index in [0.29, 0.717) is 0 Å². The van der Waals surface area contributed by atoms with Crippen molar-refractivity contribution in [3.8, 4) is 45.0 Å². The van der Waals surface area contributed by atoms with E-state index in [1.165, 1.54) is 76.7 Å². The zero-order chi connectivity index (χ0) is 40.4. The minimum atomic E-state index is -0.207. The van der Waals surface area contributed by atoms with Crippen molar-refractivity contribution in [2.75, 3.05) is 0 Å². The Labute approximate surface area is 352 Å². The van der Waals surface area contributed by atoms with Gasteiger partial charge in [0.15, 0.2) is 5.82 Å². The highest BCUT2D eigenvalue weighted by molar-refractivity contribution is 6.14. The van der Waals surface area contributed by atoms with Crippen molar-refractivity contribution in [2.24, 2.45) is 0 Å². The molecule has 0 aliphatic heterocycles. The van der Waals surface area contributed by atoms with Crippen LogP contribution in [0.3, 0.4) is 0 Å². The lowest BCUT2D eigenvalue weighted by atomic mass is 9.81. The maximum Gasteiger partial charge on any atom is 0.165 e. The molecule has 1 aliphatic carbocycles. The van der Waals surface area contributed by atoms with Gasteiger partial charge in [-0.25, -0.2) is 9.97 Å². The van der Waals surface area contributed by atoms with Crippen molar-refractivity contribution >= 4 is 65.4 Å². The summed E-state index contributed by atoms with van der Waals surface area (Å²) in [5, 5.41) is 7.40. The number of benzene rings is 9. The second kappa shape index (κ2) is 12.6. The Kier molecular flexibility index (Phi) is 7.04. The Bertz CT molecular complexity index is 3780. The maximum atomic E-state index is 5.47. The van der Waals surface area contributed by atoms with Crippen LogP contribution in [0.5, 0.6) is 0 Å². The molecule has 9 aromatic carbocycles. The van der Waals surface area contributed by atoms with Crippen molar-refractivity contribution in [1.29, 1.82) is 0 Å². The van der Waals surface area contributed by atoms with Crippen LogP contribution in [0.15, 0.2) is 194 Å². The molecule has 0 saturated heterocycles.